The summed E-state index contributed by atoms with van der Waals surface area (Å²) in [4.78, 5) is 37.0. The fourth-order valence-electron chi connectivity index (χ4n) is 4.43. The highest BCUT2D eigenvalue weighted by Gasteiger charge is 2.38. The molecule has 1 aliphatic rings. The Balaban J connectivity index is 0.000000515. The molecule has 5 aromatic rings. The lowest BCUT2D eigenvalue weighted by atomic mass is 10.1. The van der Waals surface area contributed by atoms with Gasteiger partial charge < -0.3 is 29.8 Å². The number of alkyl halides is 3. The molecule has 0 radical (unpaired) electrons. The van der Waals surface area contributed by atoms with E-state index in [-0.39, 0.29) is 11.7 Å². The highest BCUT2D eigenvalue weighted by atomic mass is 19.4. The van der Waals surface area contributed by atoms with Crippen LogP contribution in [0, 0.1) is 0 Å². The summed E-state index contributed by atoms with van der Waals surface area (Å²) >= 11 is 0. The van der Waals surface area contributed by atoms with Gasteiger partial charge in [-0.25, -0.2) is 9.48 Å². The van der Waals surface area contributed by atoms with E-state index in [9.17, 15) is 22.8 Å². The smallest absolute Gasteiger partial charge is 0.475 e. The van der Waals surface area contributed by atoms with E-state index < -0.39 is 18.1 Å². The predicted molar refractivity (Wildman–Crippen MR) is 159 cm³/mol. The van der Waals surface area contributed by atoms with E-state index >= 15 is 0 Å². The normalized spacial score (nSPS) is 13.1. The SMILES string of the molecule is O=C(Nc1ccc(N2CCOCC2)cc1)c1cccc(-n2nccc2NC(=O)c2cc3ccccc3o2)c1.O=C(O)C(F)(F)F. The summed E-state index contributed by atoms with van der Waals surface area (Å²) < 4.78 is 44.4. The first-order valence-corrected chi connectivity index (χ1v) is 13.6. The largest absolute Gasteiger partial charge is 0.490 e. The molecule has 14 heteroatoms. The van der Waals surface area contributed by atoms with E-state index in [1.54, 1.807) is 41.2 Å². The molecule has 11 nitrogen and oxygen atoms in total. The number of fused-ring (bicyclic) bond motifs is 1. The van der Waals surface area contributed by atoms with Gasteiger partial charge in [-0.15, -0.1) is 0 Å². The van der Waals surface area contributed by atoms with Crippen molar-refractivity contribution in [2.45, 2.75) is 6.18 Å². The fraction of sp³-hybridized carbons (Fsp3) is 0.161. The lowest BCUT2D eigenvalue weighted by Crippen LogP contribution is -2.36. The number of carboxylic acids is 1. The van der Waals surface area contributed by atoms with Crippen LogP contribution in [-0.2, 0) is 9.53 Å². The van der Waals surface area contributed by atoms with Crippen molar-refractivity contribution in [3.63, 3.8) is 0 Å². The molecule has 1 fully saturated rings. The van der Waals surface area contributed by atoms with Crippen molar-refractivity contribution in [2.75, 3.05) is 41.8 Å². The Bertz CT molecular complexity index is 1780. The molecular formula is C31H26F3N5O6. The molecular weight excluding hydrogens is 595 g/mol. The number of aliphatic carboxylic acids is 1. The minimum Gasteiger partial charge on any atom is -0.475 e. The minimum atomic E-state index is -5.08. The highest BCUT2D eigenvalue weighted by molar-refractivity contribution is 6.05. The predicted octanol–water partition coefficient (Wildman–Crippen LogP) is 5.59. The first-order valence-electron chi connectivity index (χ1n) is 13.6. The van der Waals surface area contributed by atoms with Crippen molar-refractivity contribution < 1.29 is 41.8 Å². The molecule has 2 aromatic heterocycles. The number of amides is 2. The second-order valence-electron chi connectivity index (χ2n) is 9.68. The van der Waals surface area contributed by atoms with E-state index in [0.717, 1.165) is 37.4 Å². The highest BCUT2D eigenvalue weighted by Crippen LogP contribution is 2.23. The average Bonchev–Trinajstić information content (AvgIpc) is 3.69. The maximum atomic E-state index is 13.0. The molecule has 45 heavy (non-hydrogen) atoms. The first kappa shape index (κ1) is 30.8. The molecule has 0 atom stereocenters. The number of nitrogens with zero attached hydrogens (tertiary/aromatic N) is 3. The van der Waals surface area contributed by atoms with Gasteiger partial charge in [0.2, 0.25) is 0 Å². The van der Waals surface area contributed by atoms with Gasteiger partial charge in [-0.3, -0.25) is 9.59 Å². The van der Waals surface area contributed by atoms with Crippen molar-refractivity contribution in [3.8, 4) is 5.69 Å². The third-order valence-electron chi connectivity index (χ3n) is 6.63. The Labute approximate surface area is 253 Å². The standard InChI is InChI=1S/C29H25N5O4.C2HF3O2/c35-28(31-22-8-10-23(11-9-22)33-14-16-37-17-15-33)21-5-3-6-24(18-21)34-27(12-13-30-34)32-29(36)26-19-20-4-1-2-7-25(20)38-26;3-2(4,5)1(6)7/h1-13,18-19H,14-17H2,(H,31,35)(H,32,36);(H,6,7). The number of carbonyl (C=O) groups is 3. The van der Waals surface area contributed by atoms with Crippen LogP contribution < -0.4 is 15.5 Å². The molecule has 0 unspecified atom stereocenters. The summed E-state index contributed by atoms with van der Waals surface area (Å²) in [5, 5.41) is 18.1. The van der Waals surface area contributed by atoms with Gasteiger partial charge in [-0.1, -0.05) is 24.3 Å². The molecule has 1 saturated heterocycles. The molecule has 232 valence electrons. The summed E-state index contributed by atoms with van der Waals surface area (Å²) in [5.41, 5.74) is 3.54. The molecule has 3 aromatic carbocycles. The van der Waals surface area contributed by atoms with E-state index in [2.05, 4.69) is 20.6 Å². The number of para-hydroxylation sites is 1. The minimum absolute atomic E-state index is 0.201. The van der Waals surface area contributed by atoms with Crippen molar-refractivity contribution in [1.82, 2.24) is 9.78 Å². The molecule has 0 bridgehead atoms. The van der Waals surface area contributed by atoms with Crippen LogP contribution in [0.2, 0.25) is 0 Å². The third kappa shape index (κ3) is 7.67. The second kappa shape index (κ2) is 13.3. The summed E-state index contributed by atoms with van der Waals surface area (Å²) in [6.45, 7) is 3.14. The van der Waals surface area contributed by atoms with Crippen LogP contribution in [0.1, 0.15) is 20.9 Å². The van der Waals surface area contributed by atoms with Gasteiger partial charge in [0.1, 0.15) is 11.4 Å². The van der Waals surface area contributed by atoms with Crippen LogP contribution in [0.3, 0.4) is 0 Å². The molecule has 0 aliphatic carbocycles. The maximum absolute atomic E-state index is 13.0. The van der Waals surface area contributed by atoms with Crippen LogP contribution >= 0.6 is 0 Å². The Morgan fingerprint density at radius 3 is 2.22 bits per heavy atom. The topological polar surface area (TPSA) is 139 Å². The van der Waals surface area contributed by atoms with Gasteiger partial charge in [-0.2, -0.15) is 18.3 Å². The van der Waals surface area contributed by atoms with Crippen molar-refractivity contribution in [2.24, 2.45) is 0 Å². The average molecular weight is 622 g/mol. The lowest BCUT2D eigenvalue weighted by Gasteiger charge is -2.28. The number of halogens is 3. The number of carboxylic acid groups (broad SMARTS) is 1. The van der Waals surface area contributed by atoms with E-state index in [1.807, 2.05) is 54.6 Å². The zero-order chi connectivity index (χ0) is 32.0. The number of benzene rings is 3. The number of furan rings is 1. The first-order chi connectivity index (χ1) is 21.6. The summed E-state index contributed by atoms with van der Waals surface area (Å²) in [5.74, 6) is -2.74. The van der Waals surface area contributed by atoms with Gasteiger partial charge in [0, 0.05) is 41.5 Å². The molecule has 0 spiro atoms. The number of anilines is 3. The number of morpholine rings is 1. The number of hydrogen-bond acceptors (Lipinski definition) is 7. The van der Waals surface area contributed by atoms with Crippen molar-refractivity contribution >= 4 is 45.9 Å². The Morgan fingerprint density at radius 2 is 1.53 bits per heavy atom. The quantitative estimate of drug-likeness (QED) is 0.223. The summed E-state index contributed by atoms with van der Waals surface area (Å²) in [6, 6.07) is 25.7. The molecule has 2 amide bonds. The van der Waals surface area contributed by atoms with Crippen molar-refractivity contribution in [1.29, 1.82) is 0 Å². The zero-order valence-corrected chi connectivity index (χ0v) is 23.5. The molecule has 1 aliphatic heterocycles. The van der Waals surface area contributed by atoms with Gasteiger partial charge in [0.25, 0.3) is 11.8 Å². The van der Waals surface area contributed by atoms with E-state index in [0.29, 0.717) is 28.3 Å². The number of rotatable bonds is 6. The van der Waals surface area contributed by atoms with Gasteiger partial charge in [-0.05, 0) is 54.6 Å². The Hall–Kier alpha value is -5.63. The zero-order valence-electron chi connectivity index (χ0n) is 23.5. The Morgan fingerprint density at radius 1 is 0.822 bits per heavy atom. The molecule has 6 rings (SSSR count). The van der Waals surface area contributed by atoms with Crippen LogP contribution in [0.15, 0.2) is 95.5 Å². The molecule has 3 N–H and O–H groups in total. The van der Waals surface area contributed by atoms with Crippen LogP contribution in [0.25, 0.3) is 16.7 Å². The number of carbonyl (C=O) groups excluding carboxylic acids is 2. The monoisotopic (exact) mass is 621 g/mol. The number of hydrogen-bond donors (Lipinski definition) is 3. The summed E-state index contributed by atoms with van der Waals surface area (Å²) in [7, 11) is 0. The molecule has 0 saturated carbocycles. The van der Waals surface area contributed by atoms with E-state index in [1.165, 1.54) is 0 Å². The van der Waals surface area contributed by atoms with Gasteiger partial charge >= 0.3 is 12.1 Å². The van der Waals surface area contributed by atoms with Crippen LogP contribution in [0.4, 0.5) is 30.4 Å². The molecule has 3 heterocycles. The Kier molecular flexibility index (Phi) is 9.14. The number of nitrogens with one attached hydrogen (secondary N) is 2. The number of ether oxygens (including phenoxy) is 1. The van der Waals surface area contributed by atoms with E-state index in [4.69, 9.17) is 19.1 Å². The lowest BCUT2D eigenvalue weighted by molar-refractivity contribution is -0.192. The third-order valence-corrected chi connectivity index (χ3v) is 6.63. The van der Waals surface area contributed by atoms with Gasteiger partial charge in [0.15, 0.2) is 5.76 Å². The summed E-state index contributed by atoms with van der Waals surface area (Å²) in [6.07, 6.45) is -3.50. The van der Waals surface area contributed by atoms with Crippen molar-refractivity contribution in [3.05, 3.63) is 102 Å². The van der Waals surface area contributed by atoms with Crippen LogP contribution in [0.5, 0.6) is 0 Å². The second-order valence-corrected chi connectivity index (χ2v) is 9.68. The number of aromatic nitrogens is 2. The fourth-order valence-corrected chi connectivity index (χ4v) is 4.43. The van der Waals surface area contributed by atoms with Crippen LogP contribution in [-0.4, -0.2) is 65.2 Å². The maximum Gasteiger partial charge on any atom is 0.490 e. The van der Waals surface area contributed by atoms with Gasteiger partial charge in [0.05, 0.1) is 25.1 Å².